The summed E-state index contributed by atoms with van der Waals surface area (Å²) in [6.45, 7) is 1.86. The fourth-order valence-corrected chi connectivity index (χ4v) is 2.42. The summed E-state index contributed by atoms with van der Waals surface area (Å²) in [6.07, 6.45) is 0. The van der Waals surface area contributed by atoms with Gasteiger partial charge in [-0.1, -0.05) is 17.7 Å². The van der Waals surface area contributed by atoms with Crippen LogP contribution in [0.4, 0.5) is 15.8 Å². The third-order valence-electron chi connectivity index (χ3n) is 2.80. The van der Waals surface area contributed by atoms with Crippen LogP contribution in [0.1, 0.15) is 15.9 Å². The summed E-state index contributed by atoms with van der Waals surface area (Å²) in [4.78, 5) is 12.1. The van der Waals surface area contributed by atoms with Crippen LogP contribution in [0.25, 0.3) is 0 Å². The predicted molar refractivity (Wildman–Crippen MR) is 82.7 cm³/mol. The number of carbonyl (C=O) groups excluding carboxylic acids is 1. The lowest BCUT2D eigenvalue weighted by Crippen LogP contribution is -2.13. The van der Waals surface area contributed by atoms with Crippen molar-refractivity contribution in [3.8, 4) is 0 Å². The molecule has 0 heterocycles. The third kappa shape index (κ3) is 2.94. The van der Waals surface area contributed by atoms with Crippen molar-refractivity contribution in [3.63, 3.8) is 0 Å². The highest BCUT2D eigenvalue weighted by Gasteiger charge is 2.15. The van der Waals surface area contributed by atoms with E-state index in [1.54, 1.807) is 12.1 Å². The molecule has 0 aliphatic rings. The molecular weight excluding hydrogens is 347 g/mol. The molecule has 2 aromatic rings. The Labute approximate surface area is 129 Å². The highest BCUT2D eigenvalue weighted by Crippen LogP contribution is 2.29. The fraction of sp³-hybridized carbons (Fsp3) is 0.0714. The predicted octanol–water partition coefficient (Wildman–Crippen LogP) is 4.38. The number of hydrogen-bond acceptors (Lipinski definition) is 2. The smallest absolute Gasteiger partial charge is 0.257 e. The number of hydrogen-bond donors (Lipinski definition) is 2. The average molecular weight is 358 g/mol. The first-order valence-corrected chi connectivity index (χ1v) is 6.88. The van der Waals surface area contributed by atoms with E-state index in [1.807, 2.05) is 6.92 Å². The number of amides is 1. The van der Waals surface area contributed by atoms with Crippen molar-refractivity contribution < 1.29 is 9.18 Å². The molecule has 2 aromatic carbocycles. The lowest BCUT2D eigenvalue weighted by atomic mass is 10.1. The van der Waals surface area contributed by atoms with Gasteiger partial charge in [-0.2, -0.15) is 0 Å². The number of nitrogens with two attached hydrogens (primary N) is 1. The monoisotopic (exact) mass is 356 g/mol. The fourth-order valence-electron chi connectivity index (χ4n) is 1.65. The molecular formula is C14H11BrClFN2O. The van der Waals surface area contributed by atoms with Crippen molar-refractivity contribution in [1.82, 2.24) is 0 Å². The average Bonchev–Trinajstić information content (AvgIpc) is 2.39. The highest BCUT2D eigenvalue weighted by molar-refractivity contribution is 9.10. The molecule has 0 aromatic heterocycles. The van der Waals surface area contributed by atoms with Crippen molar-refractivity contribution >= 4 is 44.8 Å². The van der Waals surface area contributed by atoms with Gasteiger partial charge in [-0.05, 0) is 52.7 Å². The minimum atomic E-state index is -0.637. The van der Waals surface area contributed by atoms with Crippen LogP contribution in [-0.4, -0.2) is 5.91 Å². The number of carbonyl (C=O) groups is 1. The summed E-state index contributed by atoms with van der Waals surface area (Å²) in [5, 5.41) is 2.44. The van der Waals surface area contributed by atoms with E-state index >= 15 is 0 Å². The molecule has 104 valence electrons. The Morgan fingerprint density at radius 2 is 2.10 bits per heavy atom. The first kappa shape index (κ1) is 14.8. The van der Waals surface area contributed by atoms with Gasteiger partial charge in [0.15, 0.2) is 0 Å². The number of nitrogens with one attached hydrogen (secondary N) is 1. The van der Waals surface area contributed by atoms with E-state index < -0.39 is 11.7 Å². The van der Waals surface area contributed by atoms with Gasteiger partial charge in [0.05, 0.1) is 16.3 Å². The normalized spacial score (nSPS) is 10.4. The van der Waals surface area contributed by atoms with Crippen LogP contribution in [0, 0.1) is 12.7 Å². The van der Waals surface area contributed by atoms with Gasteiger partial charge in [-0.25, -0.2) is 4.39 Å². The van der Waals surface area contributed by atoms with Gasteiger partial charge in [-0.15, -0.1) is 0 Å². The van der Waals surface area contributed by atoms with Crippen LogP contribution in [-0.2, 0) is 0 Å². The third-order valence-corrected chi connectivity index (χ3v) is 3.84. The first-order chi connectivity index (χ1) is 9.40. The number of anilines is 2. The Morgan fingerprint density at radius 1 is 1.40 bits per heavy atom. The van der Waals surface area contributed by atoms with Crippen LogP contribution < -0.4 is 11.1 Å². The highest BCUT2D eigenvalue weighted by atomic mass is 79.9. The van der Waals surface area contributed by atoms with Crippen LogP contribution in [0.15, 0.2) is 34.8 Å². The van der Waals surface area contributed by atoms with Gasteiger partial charge in [0, 0.05) is 10.2 Å². The van der Waals surface area contributed by atoms with Gasteiger partial charge in [-0.3, -0.25) is 4.79 Å². The second-order valence-electron chi connectivity index (χ2n) is 4.24. The molecule has 0 saturated heterocycles. The van der Waals surface area contributed by atoms with E-state index in [9.17, 15) is 9.18 Å². The van der Waals surface area contributed by atoms with Crippen LogP contribution in [0.2, 0.25) is 5.02 Å². The van der Waals surface area contributed by atoms with Crippen LogP contribution in [0.5, 0.6) is 0 Å². The Kier molecular flexibility index (Phi) is 4.30. The first-order valence-electron chi connectivity index (χ1n) is 5.71. The molecule has 0 aliphatic heterocycles. The number of nitrogen functional groups attached to an aromatic ring is 1. The maximum absolute atomic E-state index is 13.3. The van der Waals surface area contributed by atoms with E-state index in [0.717, 1.165) is 5.56 Å². The molecule has 0 spiro atoms. The van der Waals surface area contributed by atoms with Crippen LogP contribution >= 0.6 is 27.5 Å². The number of benzene rings is 2. The zero-order valence-electron chi connectivity index (χ0n) is 10.5. The maximum Gasteiger partial charge on any atom is 0.257 e. The Bertz CT molecular complexity index is 691. The second kappa shape index (κ2) is 5.81. The van der Waals surface area contributed by atoms with Gasteiger partial charge in [0.1, 0.15) is 5.82 Å². The van der Waals surface area contributed by atoms with E-state index in [1.165, 1.54) is 18.2 Å². The molecule has 0 bridgehead atoms. The minimum Gasteiger partial charge on any atom is -0.398 e. The Balaban J connectivity index is 2.33. The van der Waals surface area contributed by atoms with Crippen molar-refractivity contribution in [2.75, 3.05) is 11.1 Å². The molecule has 0 radical (unpaired) electrons. The summed E-state index contributed by atoms with van der Waals surface area (Å²) in [5.41, 5.74) is 7.80. The van der Waals surface area contributed by atoms with E-state index in [-0.39, 0.29) is 10.6 Å². The molecule has 20 heavy (non-hydrogen) atoms. The standard InChI is InChI=1S/C14H11BrClFN2O/c1-7-5-9(15)12(6-11(7)18)19-14(20)8-3-2-4-10(17)13(8)16/h2-6H,18H2,1H3,(H,19,20). The number of aryl methyl sites for hydroxylation is 1. The summed E-state index contributed by atoms with van der Waals surface area (Å²) in [5.74, 6) is -1.14. The largest absolute Gasteiger partial charge is 0.398 e. The molecule has 0 unspecified atom stereocenters. The summed E-state index contributed by atoms with van der Waals surface area (Å²) >= 11 is 9.12. The molecule has 6 heteroatoms. The summed E-state index contributed by atoms with van der Waals surface area (Å²) in [6, 6.07) is 7.49. The zero-order chi connectivity index (χ0) is 14.9. The number of rotatable bonds is 2. The van der Waals surface area contributed by atoms with Crippen LogP contribution in [0.3, 0.4) is 0 Å². The number of halogens is 3. The maximum atomic E-state index is 13.3. The lowest BCUT2D eigenvalue weighted by Gasteiger charge is -2.11. The SMILES string of the molecule is Cc1cc(Br)c(NC(=O)c2cccc(F)c2Cl)cc1N. The molecule has 0 fully saturated rings. The molecule has 2 rings (SSSR count). The minimum absolute atomic E-state index is 0.0673. The van der Waals surface area contributed by atoms with Crippen molar-refractivity contribution in [3.05, 3.63) is 56.8 Å². The van der Waals surface area contributed by atoms with E-state index in [2.05, 4.69) is 21.2 Å². The Hall–Kier alpha value is -1.59. The topological polar surface area (TPSA) is 55.1 Å². The van der Waals surface area contributed by atoms with Gasteiger partial charge in [0.2, 0.25) is 0 Å². The van der Waals surface area contributed by atoms with Crippen molar-refractivity contribution in [2.45, 2.75) is 6.92 Å². The van der Waals surface area contributed by atoms with E-state index in [0.29, 0.717) is 15.8 Å². The summed E-state index contributed by atoms with van der Waals surface area (Å²) in [7, 11) is 0. The lowest BCUT2D eigenvalue weighted by molar-refractivity contribution is 0.102. The van der Waals surface area contributed by atoms with Gasteiger partial charge < -0.3 is 11.1 Å². The molecule has 3 nitrogen and oxygen atoms in total. The molecule has 0 atom stereocenters. The quantitative estimate of drug-likeness (QED) is 0.783. The summed E-state index contributed by atoms with van der Waals surface area (Å²) < 4.78 is 14.0. The molecule has 0 aliphatic carbocycles. The molecule has 3 N–H and O–H groups in total. The molecule has 0 saturated carbocycles. The Morgan fingerprint density at radius 3 is 2.80 bits per heavy atom. The van der Waals surface area contributed by atoms with Crippen molar-refractivity contribution in [1.29, 1.82) is 0 Å². The van der Waals surface area contributed by atoms with Gasteiger partial charge >= 0.3 is 0 Å². The molecule has 1 amide bonds. The zero-order valence-corrected chi connectivity index (χ0v) is 12.8. The second-order valence-corrected chi connectivity index (χ2v) is 5.48. The van der Waals surface area contributed by atoms with Gasteiger partial charge in [0.25, 0.3) is 5.91 Å². The van der Waals surface area contributed by atoms with Crippen molar-refractivity contribution in [2.24, 2.45) is 0 Å². The van der Waals surface area contributed by atoms with E-state index in [4.69, 9.17) is 17.3 Å².